The molecule has 3 heteroatoms. The summed E-state index contributed by atoms with van der Waals surface area (Å²) in [7, 11) is 4.01. The molecule has 0 fully saturated rings. The lowest BCUT2D eigenvalue weighted by Gasteiger charge is -2.19. The largest absolute Gasteiger partial charge is 0.508 e. The maximum Gasteiger partial charge on any atom is 0.115 e. The summed E-state index contributed by atoms with van der Waals surface area (Å²) in [6.07, 6.45) is 9.41. The van der Waals surface area contributed by atoms with Crippen LogP contribution in [-0.2, 0) is 12.8 Å². The molecule has 0 radical (unpaired) electrons. The quantitative estimate of drug-likeness (QED) is 0.221. The van der Waals surface area contributed by atoms with E-state index in [0.717, 1.165) is 50.9 Å². The van der Waals surface area contributed by atoms with Crippen LogP contribution in [0.5, 0.6) is 5.75 Å². The van der Waals surface area contributed by atoms with Crippen molar-refractivity contribution in [2.75, 3.05) is 27.2 Å². The normalized spacial score (nSPS) is 13.5. The van der Waals surface area contributed by atoms with Crippen LogP contribution in [0.3, 0.4) is 0 Å². The number of aromatic hydroxyl groups is 1. The molecule has 1 aliphatic carbocycles. The Kier molecular flexibility index (Phi) is 9.25. The lowest BCUT2D eigenvalue weighted by atomic mass is 9.86. The fraction of sp³-hybridized carbons (Fsp3) is 0.314. The van der Waals surface area contributed by atoms with Crippen molar-refractivity contribution in [1.29, 1.82) is 0 Å². The summed E-state index contributed by atoms with van der Waals surface area (Å²) in [4.78, 5) is 2.01. The maximum absolute atomic E-state index is 10.2. The van der Waals surface area contributed by atoms with Crippen molar-refractivity contribution in [1.82, 2.24) is 10.2 Å². The number of fused-ring (bicyclic) bond motifs is 1. The van der Waals surface area contributed by atoms with Crippen LogP contribution >= 0.6 is 0 Å². The van der Waals surface area contributed by atoms with E-state index in [2.05, 4.69) is 86.4 Å². The number of nitrogens with one attached hydrogen (secondary N) is 1. The molecule has 3 nitrogen and oxygen atoms in total. The SMILES string of the molecule is C=C(/C=C/CNCCCc1ccc(C2=C(c3ccc(C)cc3C)CCCc3cc(O)ccc32)cc1)N(C)C. The standard InChI is InChI=1S/C35H42N2O/c1-25-13-19-32(26(2)23-25)34-12-6-11-30-24-31(38)18-20-33(30)35(34)29-16-14-28(15-17-29)10-8-22-36-21-7-9-27(3)37(4)5/h7,9,13-20,23-24,36,38H,3,6,8,10-12,21-22H2,1-2,4-5H3/b9-7+. The molecule has 0 heterocycles. The topological polar surface area (TPSA) is 35.5 Å². The summed E-state index contributed by atoms with van der Waals surface area (Å²) in [5, 5.41) is 13.7. The first kappa shape index (κ1) is 27.5. The smallest absolute Gasteiger partial charge is 0.115 e. The fourth-order valence-corrected chi connectivity index (χ4v) is 5.31. The van der Waals surface area contributed by atoms with Gasteiger partial charge in [0.15, 0.2) is 0 Å². The molecular formula is C35H42N2O. The van der Waals surface area contributed by atoms with Crippen LogP contribution < -0.4 is 5.32 Å². The average Bonchev–Trinajstić information content (AvgIpc) is 3.07. The Labute approximate surface area is 229 Å². The summed E-state index contributed by atoms with van der Waals surface area (Å²) in [6, 6.07) is 21.8. The van der Waals surface area contributed by atoms with Gasteiger partial charge in [-0.3, -0.25) is 0 Å². The van der Waals surface area contributed by atoms with Gasteiger partial charge in [0.05, 0.1) is 0 Å². The molecule has 0 amide bonds. The minimum atomic E-state index is 0.347. The minimum Gasteiger partial charge on any atom is -0.508 e. The summed E-state index contributed by atoms with van der Waals surface area (Å²) in [5.74, 6) is 0.347. The van der Waals surface area contributed by atoms with E-state index >= 15 is 0 Å². The molecule has 2 N–H and O–H groups in total. The molecule has 4 rings (SSSR count). The van der Waals surface area contributed by atoms with Gasteiger partial charge in [-0.1, -0.05) is 66.7 Å². The second-order valence-electron chi connectivity index (χ2n) is 10.7. The Morgan fingerprint density at radius 2 is 1.74 bits per heavy atom. The molecule has 0 aliphatic heterocycles. The summed E-state index contributed by atoms with van der Waals surface area (Å²) < 4.78 is 0. The van der Waals surface area contributed by atoms with Gasteiger partial charge in [0.1, 0.15) is 5.75 Å². The number of allylic oxidation sites excluding steroid dienone is 2. The highest BCUT2D eigenvalue weighted by molar-refractivity contribution is 6.00. The van der Waals surface area contributed by atoms with E-state index in [1.54, 1.807) is 0 Å². The summed E-state index contributed by atoms with van der Waals surface area (Å²) in [5.41, 5.74) is 12.8. The first-order valence-corrected chi connectivity index (χ1v) is 13.8. The molecule has 0 spiro atoms. The predicted octanol–water partition coefficient (Wildman–Crippen LogP) is 7.46. The number of phenolic OH excluding ortho intramolecular Hbond substituents is 1. The van der Waals surface area contributed by atoms with Crippen LogP contribution in [0, 0.1) is 13.8 Å². The summed E-state index contributed by atoms with van der Waals surface area (Å²) in [6.45, 7) is 10.2. The summed E-state index contributed by atoms with van der Waals surface area (Å²) >= 11 is 0. The molecule has 3 aromatic carbocycles. The van der Waals surface area contributed by atoms with Crippen molar-refractivity contribution in [3.05, 3.63) is 124 Å². The van der Waals surface area contributed by atoms with E-state index in [4.69, 9.17) is 0 Å². The van der Waals surface area contributed by atoms with Gasteiger partial charge in [0.2, 0.25) is 0 Å². The highest BCUT2D eigenvalue weighted by Crippen LogP contribution is 2.41. The van der Waals surface area contributed by atoms with E-state index in [1.165, 1.54) is 50.1 Å². The first-order chi connectivity index (χ1) is 18.3. The maximum atomic E-state index is 10.2. The van der Waals surface area contributed by atoms with E-state index in [-0.39, 0.29) is 0 Å². The molecule has 0 saturated heterocycles. The van der Waals surface area contributed by atoms with Crippen LogP contribution in [0.15, 0.2) is 85.1 Å². The lowest BCUT2D eigenvalue weighted by Crippen LogP contribution is -2.16. The van der Waals surface area contributed by atoms with Gasteiger partial charge in [0.25, 0.3) is 0 Å². The number of hydrogen-bond donors (Lipinski definition) is 2. The third-order valence-electron chi connectivity index (χ3n) is 7.45. The second-order valence-corrected chi connectivity index (χ2v) is 10.7. The van der Waals surface area contributed by atoms with Crippen LogP contribution in [0.2, 0.25) is 0 Å². The number of hydrogen-bond acceptors (Lipinski definition) is 3. The van der Waals surface area contributed by atoms with Gasteiger partial charge >= 0.3 is 0 Å². The van der Waals surface area contributed by atoms with Gasteiger partial charge < -0.3 is 15.3 Å². The van der Waals surface area contributed by atoms with Crippen molar-refractivity contribution in [2.45, 2.75) is 46.0 Å². The van der Waals surface area contributed by atoms with Crippen LogP contribution in [0.1, 0.15) is 58.2 Å². The Bertz CT molecular complexity index is 1330. The van der Waals surface area contributed by atoms with Crippen molar-refractivity contribution < 1.29 is 5.11 Å². The minimum absolute atomic E-state index is 0.347. The van der Waals surface area contributed by atoms with Crippen LogP contribution in [0.25, 0.3) is 11.1 Å². The Balaban J connectivity index is 1.54. The molecule has 38 heavy (non-hydrogen) atoms. The van der Waals surface area contributed by atoms with Gasteiger partial charge in [0, 0.05) is 26.3 Å². The molecule has 3 aromatic rings. The highest BCUT2D eigenvalue weighted by atomic mass is 16.3. The molecule has 198 valence electrons. The zero-order valence-electron chi connectivity index (χ0n) is 23.5. The molecular weight excluding hydrogens is 464 g/mol. The zero-order chi connectivity index (χ0) is 27.1. The number of benzene rings is 3. The van der Waals surface area contributed by atoms with E-state index in [9.17, 15) is 5.11 Å². The Morgan fingerprint density at radius 3 is 2.47 bits per heavy atom. The number of rotatable bonds is 10. The van der Waals surface area contributed by atoms with E-state index < -0.39 is 0 Å². The lowest BCUT2D eigenvalue weighted by molar-refractivity contribution is 0.474. The second kappa shape index (κ2) is 12.8. The third kappa shape index (κ3) is 6.85. The molecule has 0 aromatic heterocycles. The Hall–Kier alpha value is -3.56. The van der Waals surface area contributed by atoms with Crippen molar-refractivity contribution in [3.63, 3.8) is 0 Å². The number of phenols is 1. The Morgan fingerprint density at radius 1 is 0.974 bits per heavy atom. The predicted molar refractivity (Wildman–Crippen MR) is 162 cm³/mol. The fourth-order valence-electron chi connectivity index (χ4n) is 5.31. The van der Waals surface area contributed by atoms with E-state index in [1.807, 2.05) is 31.1 Å². The number of aryl methyl sites for hydroxylation is 4. The third-order valence-corrected chi connectivity index (χ3v) is 7.45. The molecule has 0 bridgehead atoms. The van der Waals surface area contributed by atoms with Gasteiger partial charge in [-0.25, -0.2) is 0 Å². The monoisotopic (exact) mass is 506 g/mol. The van der Waals surface area contributed by atoms with Crippen LogP contribution in [0.4, 0.5) is 0 Å². The van der Waals surface area contributed by atoms with Gasteiger partial charge in [-0.05, 0) is 115 Å². The molecule has 0 saturated carbocycles. The van der Waals surface area contributed by atoms with E-state index in [0.29, 0.717) is 5.75 Å². The molecule has 1 aliphatic rings. The van der Waals surface area contributed by atoms with Gasteiger partial charge in [-0.15, -0.1) is 0 Å². The van der Waals surface area contributed by atoms with Gasteiger partial charge in [-0.2, -0.15) is 0 Å². The zero-order valence-corrected chi connectivity index (χ0v) is 23.5. The van der Waals surface area contributed by atoms with Crippen LogP contribution in [-0.4, -0.2) is 37.2 Å². The highest BCUT2D eigenvalue weighted by Gasteiger charge is 2.21. The number of likely N-dealkylation sites (N-methyl/N-ethyl adjacent to an activating group) is 1. The van der Waals surface area contributed by atoms with Crippen molar-refractivity contribution >= 4 is 11.1 Å². The molecule has 0 unspecified atom stereocenters. The van der Waals surface area contributed by atoms with Crippen molar-refractivity contribution in [2.24, 2.45) is 0 Å². The number of nitrogens with zero attached hydrogens (tertiary/aromatic N) is 1. The van der Waals surface area contributed by atoms with Crippen molar-refractivity contribution in [3.8, 4) is 5.75 Å². The molecule has 0 atom stereocenters. The average molecular weight is 507 g/mol. The first-order valence-electron chi connectivity index (χ1n) is 13.8.